The Kier molecular flexibility index (Phi) is 4.92. The van der Waals surface area contributed by atoms with E-state index in [0.717, 1.165) is 19.3 Å². The topological polar surface area (TPSA) is 99.3 Å². The van der Waals surface area contributed by atoms with Crippen LogP contribution in [0.1, 0.15) is 71.1 Å². The Morgan fingerprint density at radius 1 is 1.17 bits per heavy atom. The molecule has 6 nitrogen and oxygen atoms in total. The third kappa shape index (κ3) is 3.30. The molecule has 0 atom stereocenters. The summed E-state index contributed by atoms with van der Waals surface area (Å²) in [6.45, 7) is 5.06. The van der Waals surface area contributed by atoms with E-state index in [1.807, 2.05) is 0 Å². The molecular formula is C17H24N2O4. The van der Waals surface area contributed by atoms with Gasteiger partial charge in [0.1, 0.15) is 5.69 Å². The number of ketones is 1. The van der Waals surface area contributed by atoms with Gasteiger partial charge in [-0.1, -0.05) is 19.3 Å². The Labute approximate surface area is 135 Å². The number of carbonyl (C=O) groups excluding carboxylic acids is 2. The van der Waals surface area contributed by atoms with Crippen LogP contribution in [0.5, 0.6) is 0 Å². The maximum Gasteiger partial charge on any atom is 0.311 e. The zero-order valence-corrected chi connectivity index (χ0v) is 13.9. The summed E-state index contributed by atoms with van der Waals surface area (Å²) in [5, 5.41) is 12.3. The van der Waals surface area contributed by atoms with Gasteiger partial charge >= 0.3 is 5.97 Å². The minimum absolute atomic E-state index is 0.0930. The number of nitrogens with one attached hydrogen (secondary N) is 2. The van der Waals surface area contributed by atoms with E-state index in [-0.39, 0.29) is 18.2 Å². The van der Waals surface area contributed by atoms with Crippen LogP contribution in [-0.2, 0) is 4.79 Å². The van der Waals surface area contributed by atoms with E-state index in [2.05, 4.69) is 10.3 Å². The van der Waals surface area contributed by atoms with E-state index >= 15 is 0 Å². The fraction of sp³-hybridized carbons (Fsp3) is 0.588. The van der Waals surface area contributed by atoms with Crippen LogP contribution in [0.15, 0.2) is 0 Å². The van der Waals surface area contributed by atoms with E-state index in [1.165, 1.54) is 6.92 Å². The number of rotatable bonds is 5. The highest BCUT2D eigenvalue weighted by Crippen LogP contribution is 2.36. The van der Waals surface area contributed by atoms with Crippen molar-refractivity contribution in [3.8, 4) is 0 Å². The average molecular weight is 320 g/mol. The Balaban J connectivity index is 2.15. The van der Waals surface area contributed by atoms with Crippen LogP contribution >= 0.6 is 0 Å². The highest BCUT2D eigenvalue weighted by molar-refractivity contribution is 6.02. The molecule has 1 fully saturated rings. The third-order valence-corrected chi connectivity index (χ3v) is 4.87. The van der Waals surface area contributed by atoms with Crippen LogP contribution < -0.4 is 5.32 Å². The fourth-order valence-electron chi connectivity index (χ4n) is 3.54. The quantitative estimate of drug-likeness (QED) is 0.726. The van der Waals surface area contributed by atoms with Crippen LogP contribution in [0.4, 0.5) is 0 Å². The second-order valence-electron chi connectivity index (χ2n) is 6.51. The summed E-state index contributed by atoms with van der Waals surface area (Å²) in [5.41, 5.74) is 1.27. The summed E-state index contributed by atoms with van der Waals surface area (Å²) in [5.74, 6) is -1.30. The first-order chi connectivity index (χ1) is 10.8. The van der Waals surface area contributed by atoms with Crippen LogP contribution in [0.2, 0.25) is 0 Å². The Bertz CT molecular complexity index is 639. The van der Waals surface area contributed by atoms with Gasteiger partial charge in [-0.2, -0.15) is 0 Å². The summed E-state index contributed by atoms with van der Waals surface area (Å²) in [6, 6.07) is 0. The van der Waals surface area contributed by atoms with Crippen molar-refractivity contribution >= 4 is 17.7 Å². The Morgan fingerprint density at radius 3 is 2.26 bits per heavy atom. The number of amides is 1. The van der Waals surface area contributed by atoms with Crippen LogP contribution in [0.3, 0.4) is 0 Å². The lowest BCUT2D eigenvalue weighted by Gasteiger charge is -2.33. The molecule has 1 heterocycles. The lowest BCUT2D eigenvalue weighted by atomic mass is 9.74. The summed E-state index contributed by atoms with van der Waals surface area (Å²) in [7, 11) is 0. The van der Waals surface area contributed by atoms with Crippen LogP contribution in [0.25, 0.3) is 0 Å². The number of carboxylic acids is 1. The molecule has 0 spiro atoms. The molecule has 1 amide bonds. The summed E-state index contributed by atoms with van der Waals surface area (Å²) < 4.78 is 0. The predicted octanol–water partition coefficient (Wildman–Crippen LogP) is 2.60. The molecule has 2 rings (SSSR count). The van der Waals surface area contributed by atoms with Gasteiger partial charge in [-0.15, -0.1) is 0 Å². The molecular weight excluding hydrogens is 296 g/mol. The molecule has 0 radical (unpaired) electrons. The second kappa shape index (κ2) is 6.56. The minimum Gasteiger partial charge on any atom is -0.481 e. The largest absolute Gasteiger partial charge is 0.481 e. The van der Waals surface area contributed by atoms with Crippen molar-refractivity contribution < 1.29 is 19.5 Å². The lowest BCUT2D eigenvalue weighted by Crippen LogP contribution is -2.44. The summed E-state index contributed by atoms with van der Waals surface area (Å²) >= 11 is 0. The highest BCUT2D eigenvalue weighted by Gasteiger charge is 2.40. The number of hydrogen-bond acceptors (Lipinski definition) is 3. The van der Waals surface area contributed by atoms with Gasteiger partial charge in [0.25, 0.3) is 5.91 Å². The number of carboxylic acid groups (broad SMARTS) is 1. The number of carbonyl (C=O) groups is 3. The summed E-state index contributed by atoms with van der Waals surface area (Å²) in [4.78, 5) is 38.6. The van der Waals surface area contributed by atoms with Gasteiger partial charge in [0.15, 0.2) is 5.78 Å². The molecule has 1 saturated carbocycles. The number of aliphatic carboxylic acids is 1. The number of aromatic nitrogens is 1. The van der Waals surface area contributed by atoms with Gasteiger partial charge in [-0.05, 0) is 39.2 Å². The molecule has 0 aliphatic heterocycles. The summed E-state index contributed by atoms with van der Waals surface area (Å²) in [6.07, 6.45) is 3.96. The van der Waals surface area contributed by atoms with Gasteiger partial charge in [-0.25, -0.2) is 0 Å². The van der Waals surface area contributed by atoms with E-state index in [0.29, 0.717) is 35.4 Å². The number of aromatic amines is 1. The monoisotopic (exact) mass is 320 g/mol. The van der Waals surface area contributed by atoms with Gasteiger partial charge in [0.05, 0.1) is 5.41 Å². The maximum atomic E-state index is 12.4. The first-order valence-electron chi connectivity index (χ1n) is 8.00. The maximum absolute atomic E-state index is 12.4. The van der Waals surface area contributed by atoms with Crippen molar-refractivity contribution in [3.63, 3.8) is 0 Å². The standard InChI is InChI=1S/C17H24N2O4/c1-10-13(12(3)20)11(2)19-14(10)15(21)18-9-17(16(22)23)7-5-4-6-8-17/h19H,4-9H2,1-3H3,(H,18,21)(H,22,23). The highest BCUT2D eigenvalue weighted by atomic mass is 16.4. The molecule has 1 aromatic rings. The van der Waals surface area contributed by atoms with Crippen LogP contribution in [-0.4, -0.2) is 34.3 Å². The van der Waals surface area contributed by atoms with E-state index in [9.17, 15) is 19.5 Å². The number of aryl methyl sites for hydroxylation is 1. The molecule has 1 aromatic heterocycles. The van der Waals surface area contributed by atoms with Crippen molar-refractivity contribution in [3.05, 3.63) is 22.5 Å². The van der Waals surface area contributed by atoms with Gasteiger partial charge in [0, 0.05) is 17.8 Å². The van der Waals surface area contributed by atoms with E-state index < -0.39 is 11.4 Å². The predicted molar refractivity (Wildman–Crippen MR) is 85.8 cm³/mol. The number of H-pyrrole nitrogens is 1. The van der Waals surface area contributed by atoms with Gasteiger partial charge < -0.3 is 15.4 Å². The Hall–Kier alpha value is -2.11. The van der Waals surface area contributed by atoms with Crippen LogP contribution in [0, 0.1) is 19.3 Å². The SMILES string of the molecule is CC(=O)c1c(C)[nH]c(C(=O)NCC2(C(=O)O)CCCCC2)c1C. The van der Waals surface area contributed by atoms with Gasteiger partial charge in [0.2, 0.25) is 0 Å². The molecule has 0 unspecified atom stereocenters. The first kappa shape index (κ1) is 17.2. The number of Topliss-reactive ketones (excluding diaryl/α,β-unsaturated/α-hetero) is 1. The molecule has 0 saturated heterocycles. The molecule has 3 N–H and O–H groups in total. The third-order valence-electron chi connectivity index (χ3n) is 4.87. The smallest absolute Gasteiger partial charge is 0.311 e. The molecule has 6 heteroatoms. The van der Waals surface area contributed by atoms with Crippen molar-refractivity contribution in [2.75, 3.05) is 6.54 Å². The minimum atomic E-state index is -0.868. The van der Waals surface area contributed by atoms with E-state index in [1.54, 1.807) is 13.8 Å². The van der Waals surface area contributed by atoms with Crippen molar-refractivity contribution in [1.82, 2.24) is 10.3 Å². The van der Waals surface area contributed by atoms with E-state index in [4.69, 9.17) is 0 Å². The van der Waals surface area contributed by atoms with Crippen molar-refractivity contribution in [2.24, 2.45) is 5.41 Å². The molecule has 23 heavy (non-hydrogen) atoms. The zero-order chi connectivity index (χ0) is 17.2. The molecule has 0 bridgehead atoms. The molecule has 0 aromatic carbocycles. The fourth-order valence-corrected chi connectivity index (χ4v) is 3.54. The van der Waals surface area contributed by atoms with Crippen molar-refractivity contribution in [2.45, 2.75) is 52.9 Å². The Morgan fingerprint density at radius 2 is 1.78 bits per heavy atom. The van der Waals surface area contributed by atoms with Crippen molar-refractivity contribution in [1.29, 1.82) is 0 Å². The molecule has 126 valence electrons. The molecule has 1 aliphatic carbocycles. The zero-order valence-electron chi connectivity index (χ0n) is 13.9. The average Bonchev–Trinajstić information content (AvgIpc) is 2.80. The second-order valence-corrected chi connectivity index (χ2v) is 6.51. The number of hydrogen-bond donors (Lipinski definition) is 3. The lowest BCUT2D eigenvalue weighted by molar-refractivity contribution is -0.150. The first-order valence-corrected chi connectivity index (χ1v) is 8.00. The molecule has 1 aliphatic rings. The normalized spacial score (nSPS) is 16.8. The van der Waals surface area contributed by atoms with Gasteiger partial charge in [-0.3, -0.25) is 14.4 Å².